The van der Waals surface area contributed by atoms with Gasteiger partial charge in [0.25, 0.3) is 0 Å². The highest BCUT2D eigenvalue weighted by atomic mass is 16.5. The number of fused-ring (bicyclic) bond motifs is 1. The summed E-state index contributed by atoms with van der Waals surface area (Å²) >= 11 is 0. The Bertz CT molecular complexity index is 1040. The number of carbonyl (C=O) groups excluding carboxylic acids is 1. The van der Waals surface area contributed by atoms with Gasteiger partial charge in [-0.15, -0.1) is 0 Å². The molecular formula is C27H34O6. The van der Waals surface area contributed by atoms with Crippen molar-refractivity contribution < 1.29 is 29.3 Å². The molecule has 0 saturated heterocycles. The average molecular weight is 455 g/mol. The molecule has 1 aliphatic rings. The van der Waals surface area contributed by atoms with Crippen LogP contribution in [-0.4, -0.2) is 28.8 Å². The monoisotopic (exact) mass is 454 g/mol. The van der Waals surface area contributed by atoms with Crippen LogP contribution in [0.4, 0.5) is 0 Å². The minimum absolute atomic E-state index is 0.0383. The largest absolute Gasteiger partial charge is 0.490 e. The van der Waals surface area contributed by atoms with Gasteiger partial charge < -0.3 is 19.7 Å². The second-order valence-corrected chi connectivity index (χ2v) is 10.2. The highest BCUT2D eigenvalue weighted by Crippen LogP contribution is 2.46. The molecular weight excluding hydrogens is 420 g/mol. The van der Waals surface area contributed by atoms with Crippen molar-refractivity contribution in [2.24, 2.45) is 0 Å². The number of aliphatic hydroxyl groups is 1. The summed E-state index contributed by atoms with van der Waals surface area (Å²) in [7, 11) is 0. The fourth-order valence-electron chi connectivity index (χ4n) is 4.41. The summed E-state index contributed by atoms with van der Waals surface area (Å²) in [4.78, 5) is 22.4. The summed E-state index contributed by atoms with van der Waals surface area (Å²) in [5.41, 5.74) is 4.18. The van der Waals surface area contributed by atoms with E-state index in [1.165, 1.54) is 18.1 Å². The van der Waals surface area contributed by atoms with Gasteiger partial charge in [0.15, 0.2) is 0 Å². The average Bonchev–Trinajstić information content (AvgIpc) is 2.74. The number of hydrogen-bond acceptors (Lipinski definition) is 5. The summed E-state index contributed by atoms with van der Waals surface area (Å²) in [6.07, 6.45) is 1.57. The third-order valence-corrected chi connectivity index (χ3v) is 6.57. The summed E-state index contributed by atoms with van der Waals surface area (Å²) in [5.74, 6) is -0.718. The molecule has 6 nitrogen and oxygen atoms in total. The van der Waals surface area contributed by atoms with Gasteiger partial charge in [-0.1, -0.05) is 52.0 Å². The van der Waals surface area contributed by atoms with E-state index in [-0.39, 0.29) is 36.0 Å². The number of aliphatic carboxylic acids is 1. The third kappa shape index (κ3) is 5.93. The molecule has 1 atom stereocenters. The van der Waals surface area contributed by atoms with Crippen LogP contribution in [0, 0.1) is 0 Å². The van der Waals surface area contributed by atoms with Crippen molar-refractivity contribution in [1.82, 2.24) is 0 Å². The quantitative estimate of drug-likeness (QED) is 0.426. The zero-order valence-corrected chi connectivity index (χ0v) is 20.1. The first kappa shape index (κ1) is 24.8. The first-order valence-corrected chi connectivity index (χ1v) is 11.4. The van der Waals surface area contributed by atoms with Crippen molar-refractivity contribution in [3.05, 3.63) is 58.7 Å². The Hall–Kier alpha value is -2.86. The highest BCUT2D eigenvalue weighted by Gasteiger charge is 2.37. The standard InChI is InChI=1S/C27H34O6/c1-17(28)33-24-15-20(9-6-18(24)8-11-25(30)31)32-16-23(29)19-7-10-21-22(14-19)27(4,5)13-12-26(21,2)3/h6-7,9-10,14-15,23,29H,8,11-13,16H2,1-5H3,(H,30,31). The normalized spacial score (nSPS) is 17.0. The SMILES string of the molecule is CC(=O)Oc1cc(OCC(O)c2ccc3c(c2)C(C)(C)CCC3(C)C)ccc1CCC(=O)O. The van der Waals surface area contributed by atoms with Crippen molar-refractivity contribution in [1.29, 1.82) is 0 Å². The molecule has 0 fully saturated rings. The summed E-state index contributed by atoms with van der Waals surface area (Å²) < 4.78 is 11.0. The second kappa shape index (κ2) is 9.56. The molecule has 1 unspecified atom stereocenters. The van der Waals surface area contributed by atoms with E-state index >= 15 is 0 Å². The Balaban J connectivity index is 1.76. The zero-order valence-electron chi connectivity index (χ0n) is 20.1. The molecule has 2 N–H and O–H groups in total. The Labute approximate surface area is 195 Å². The maximum absolute atomic E-state index is 11.5. The van der Waals surface area contributed by atoms with Gasteiger partial charge in [0.1, 0.15) is 24.2 Å². The molecule has 178 valence electrons. The minimum Gasteiger partial charge on any atom is -0.490 e. The molecule has 0 amide bonds. The van der Waals surface area contributed by atoms with Crippen LogP contribution in [0.2, 0.25) is 0 Å². The summed E-state index contributed by atoms with van der Waals surface area (Å²) in [6.45, 7) is 10.3. The van der Waals surface area contributed by atoms with Gasteiger partial charge in [-0.05, 0) is 58.4 Å². The van der Waals surface area contributed by atoms with Crippen LogP contribution in [0.1, 0.15) is 82.2 Å². The summed E-state index contributed by atoms with van der Waals surface area (Å²) in [5, 5.41) is 19.8. The van der Waals surface area contributed by atoms with Crippen molar-refractivity contribution in [3.8, 4) is 11.5 Å². The van der Waals surface area contributed by atoms with Crippen LogP contribution in [0.3, 0.4) is 0 Å². The van der Waals surface area contributed by atoms with E-state index in [9.17, 15) is 14.7 Å². The Morgan fingerprint density at radius 3 is 2.30 bits per heavy atom. The van der Waals surface area contributed by atoms with Crippen molar-refractivity contribution in [2.45, 2.75) is 77.2 Å². The van der Waals surface area contributed by atoms with Gasteiger partial charge in [0, 0.05) is 19.4 Å². The lowest BCUT2D eigenvalue weighted by molar-refractivity contribution is -0.137. The van der Waals surface area contributed by atoms with Crippen molar-refractivity contribution in [2.75, 3.05) is 6.61 Å². The number of aryl methyl sites for hydroxylation is 1. The number of carboxylic acid groups (broad SMARTS) is 1. The second-order valence-electron chi connectivity index (χ2n) is 10.2. The van der Waals surface area contributed by atoms with Gasteiger partial charge in [-0.3, -0.25) is 9.59 Å². The van der Waals surface area contributed by atoms with Crippen LogP contribution < -0.4 is 9.47 Å². The highest BCUT2D eigenvalue weighted by molar-refractivity contribution is 5.71. The van der Waals surface area contributed by atoms with Gasteiger partial charge >= 0.3 is 11.9 Å². The molecule has 0 saturated carbocycles. The molecule has 3 rings (SSSR count). The molecule has 6 heteroatoms. The van der Waals surface area contributed by atoms with Crippen LogP contribution in [0.5, 0.6) is 11.5 Å². The molecule has 0 radical (unpaired) electrons. The van der Waals surface area contributed by atoms with Crippen LogP contribution in [0.25, 0.3) is 0 Å². The van der Waals surface area contributed by atoms with E-state index < -0.39 is 18.0 Å². The number of benzene rings is 2. The molecule has 2 aromatic rings. The lowest BCUT2D eigenvalue weighted by Crippen LogP contribution is -2.34. The first-order valence-electron chi connectivity index (χ1n) is 11.4. The van der Waals surface area contributed by atoms with Crippen molar-refractivity contribution in [3.63, 3.8) is 0 Å². The molecule has 2 aromatic carbocycles. The molecule has 1 aliphatic carbocycles. The lowest BCUT2D eigenvalue weighted by atomic mass is 9.63. The van der Waals surface area contributed by atoms with E-state index in [2.05, 4.69) is 39.8 Å². The molecule has 0 spiro atoms. The van der Waals surface area contributed by atoms with Crippen LogP contribution >= 0.6 is 0 Å². The number of rotatable bonds is 8. The lowest BCUT2D eigenvalue weighted by Gasteiger charge is -2.42. The maximum atomic E-state index is 11.5. The molecule has 0 heterocycles. The number of hydrogen-bond donors (Lipinski definition) is 2. The molecule has 0 bridgehead atoms. The Morgan fingerprint density at radius 1 is 1.00 bits per heavy atom. The van der Waals surface area contributed by atoms with E-state index in [0.29, 0.717) is 11.3 Å². The predicted molar refractivity (Wildman–Crippen MR) is 126 cm³/mol. The van der Waals surface area contributed by atoms with Gasteiger partial charge in [-0.2, -0.15) is 0 Å². The molecule has 0 aromatic heterocycles. The topological polar surface area (TPSA) is 93.1 Å². The molecule has 33 heavy (non-hydrogen) atoms. The number of aliphatic hydroxyl groups excluding tert-OH is 1. The smallest absolute Gasteiger partial charge is 0.308 e. The Morgan fingerprint density at radius 2 is 1.67 bits per heavy atom. The number of ether oxygens (including phenoxy) is 2. The van der Waals surface area contributed by atoms with E-state index in [4.69, 9.17) is 14.6 Å². The van der Waals surface area contributed by atoms with Gasteiger partial charge in [0.2, 0.25) is 0 Å². The van der Waals surface area contributed by atoms with E-state index in [1.807, 2.05) is 6.07 Å². The Kier molecular flexibility index (Phi) is 7.17. The van der Waals surface area contributed by atoms with Gasteiger partial charge in [0.05, 0.1) is 0 Å². The number of esters is 1. The first-order chi connectivity index (χ1) is 15.4. The van der Waals surface area contributed by atoms with E-state index in [1.54, 1.807) is 18.2 Å². The fraction of sp³-hybridized carbons (Fsp3) is 0.481. The predicted octanol–water partition coefficient (Wildman–Crippen LogP) is 5.09. The van der Waals surface area contributed by atoms with E-state index in [0.717, 1.165) is 18.4 Å². The van der Waals surface area contributed by atoms with Crippen molar-refractivity contribution >= 4 is 11.9 Å². The number of carboxylic acids is 1. The minimum atomic E-state index is -0.927. The maximum Gasteiger partial charge on any atom is 0.308 e. The number of carbonyl (C=O) groups is 2. The molecule has 0 aliphatic heterocycles. The third-order valence-electron chi connectivity index (χ3n) is 6.57. The zero-order chi connectivity index (χ0) is 24.4. The summed E-state index contributed by atoms with van der Waals surface area (Å²) in [6, 6.07) is 11.1. The van der Waals surface area contributed by atoms with Crippen LogP contribution in [0.15, 0.2) is 36.4 Å². The fourth-order valence-corrected chi connectivity index (χ4v) is 4.41. The van der Waals surface area contributed by atoms with Crippen LogP contribution in [-0.2, 0) is 26.8 Å². The van der Waals surface area contributed by atoms with Gasteiger partial charge in [-0.25, -0.2) is 0 Å².